The predicted octanol–water partition coefficient (Wildman–Crippen LogP) is 4.54. The molecule has 3 atom stereocenters. The van der Waals surface area contributed by atoms with E-state index in [0.717, 1.165) is 23.3 Å². The van der Waals surface area contributed by atoms with Crippen LogP contribution in [0.2, 0.25) is 0 Å². The number of aliphatic hydroxyl groups excluding tert-OH is 2. The number of hydrogen-bond acceptors (Lipinski definition) is 5. The predicted molar refractivity (Wildman–Crippen MR) is 146 cm³/mol. The summed E-state index contributed by atoms with van der Waals surface area (Å²) in [6.07, 6.45) is -3.80. The van der Waals surface area contributed by atoms with Crippen LogP contribution in [0.5, 0.6) is 5.75 Å². The molecule has 3 amide bonds. The lowest BCUT2D eigenvalue weighted by Crippen LogP contribution is -2.57. The van der Waals surface area contributed by atoms with Gasteiger partial charge in [-0.25, -0.2) is 4.79 Å². The van der Waals surface area contributed by atoms with Gasteiger partial charge in [-0.1, -0.05) is 24.3 Å². The Morgan fingerprint density at radius 1 is 1.15 bits per heavy atom. The van der Waals surface area contributed by atoms with Gasteiger partial charge in [0.1, 0.15) is 5.75 Å². The molecule has 224 valence electrons. The molecule has 0 saturated carbocycles. The average Bonchev–Trinajstić information content (AvgIpc) is 3.22. The van der Waals surface area contributed by atoms with Crippen molar-refractivity contribution in [3.05, 3.63) is 64.7 Å². The molecule has 2 N–H and O–H groups in total. The van der Waals surface area contributed by atoms with Crippen molar-refractivity contribution in [3.8, 4) is 5.75 Å². The van der Waals surface area contributed by atoms with Crippen molar-refractivity contribution in [1.29, 1.82) is 0 Å². The topological polar surface area (TPSA) is 93.6 Å². The molecule has 0 spiro atoms. The van der Waals surface area contributed by atoms with Gasteiger partial charge >= 0.3 is 12.2 Å². The van der Waals surface area contributed by atoms with E-state index in [2.05, 4.69) is 0 Å². The summed E-state index contributed by atoms with van der Waals surface area (Å²) in [7, 11) is 2.85. The SMILES string of the molecule is COc1cc(C(C)N(C)C(=O)N2CCN3C(=O)C(CCO)(CCO)CC3C2c2ccccc2C)cc(C(F)(F)F)c1. The normalized spacial score (nSPS) is 21.0. The number of methoxy groups -OCH3 is 1. The van der Waals surface area contributed by atoms with Crippen molar-refractivity contribution in [2.75, 3.05) is 40.5 Å². The minimum Gasteiger partial charge on any atom is -0.497 e. The number of urea groups is 1. The fraction of sp³-hybridized carbons (Fsp3) is 0.533. The largest absolute Gasteiger partial charge is 0.497 e. The number of carbonyl (C=O) groups is 2. The van der Waals surface area contributed by atoms with Crippen LogP contribution in [0.1, 0.15) is 60.5 Å². The van der Waals surface area contributed by atoms with Crippen LogP contribution in [0.25, 0.3) is 0 Å². The van der Waals surface area contributed by atoms with Crippen LogP contribution in [-0.4, -0.2) is 83.4 Å². The number of hydrogen-bond donors (Lipinski definition) is 2. The Morgan fingerprint density at radius 3 is 2.39 bits per heavy atom. The van der Waals surface area contributed by atoms with Crippen molar-refractivity contribution in [2.45, 2.75) is 57.4 Å². The van der Waals surface area contributed by atoms with E-state index in [-0.39, 0.29) is 62.4 Å². The molecule has 0 aliphatic carbocycles. The van der Waals surface area contributed by atoms with E-state index in [9.17, 15) is 33.0 Å². The molecule has 8 nitrogen and oxygen atoms in total. The smallest absolute Gasteiger partial charge is 0.416 e. The Bertz CT molecular complexity index is 1260. The summed E-state index contributed by atoms with van der Waals surface area (Å²) in [6, 6.07) is 9.06. The second kappa shape index (κ2) is 11.9. The highest BCUT2D eigenvalue weighted by Gasteiger charge is 2.56. The monoisotopic (exact) mass is 577 g/mol. The van der Waals surface area contributed by atoms with Crippen LogP contribution in [0.3, 0.4) is 0 Å². The van der Waals surface area contributed by atoms with Crippen molar-refractivity contribution < 1.29 is 37.7 Å². The molecule has 2 aliphatic heterocycles. The minimum atomic E-state index is -4.58. The number of aryl methyl sites for hydroxylation is 1. The maximum Gasteiger partial charge on any atom is 0.416 e. The quantitative estimate of drug-likeness (QED) is 0.481. The van der Waals surface area contributed by atoms with E-state index in [1.165, 1.54) is 18.1 Å². The van der Waals surface area contributed by atoms with Crippen LogP contribution in [0, 0.1) is 12.3 Å². The van der Waals surface area contributed by atoms with E-state index in [1.54, 1.807) is 23.8 Å². The first kappa shape index (κ1) is 30.6. The maximum absolute atomic E-state index is 14.1. The molecule has 2 aromatic rings. The lowest BCUT2D eigenvalue weighted by atomic mass is 9.77. The third kappa shape index (κ3) is 5.74. The summed E-state index contributed by atoms with van der Waals surface area (Å²) in [5.41, 5.74) is 0.292. The lowest BCUT2D eigenvalue weighted by Gasteiger charge is -2.47. The summed E-state index contributed by atoms with van der Waals surface area (Å²) in [5.74, 6) is -0.0865. The Kier molecular flexibility index (Phi) is 8.89. The van der Waals surface area contributed by atoms with E-state index >= 15 is 0 Å². The zero-order valence-corrected chi connectivity index (χ0v) is 23.8. The zero-order valence-electron chi connectivity index (χ0n) is 23.8. The molecule has 0 aromatic heterocycles. The zero-order chi connectivity index (χ0) is 30.1. The van der Waals surface area contributed by atoms with Gasteiger partial charge in [-0.05, 0) is 68.0 Å². The van der Waals surface area contributed by atoms with Gasteiger partial charge in [0.2, 0.25) is 5.91 Å². The van der Waals surface area contributed by atoms with Crippen LogP contribution >= 0.6 is 0 Å². The van der Waals surface area contributed by atoms with Crippen LogP contribution in [-0.2, 0) is 11.0 Å². The minimum absolute atomic E-state index is 0.0440. The fourth-order valence-electron chi connectivity index (χ4n) is 6.38. The number of aliphatic hydroxyl groups is 2. The summed E-state index contributed by atoms with van der Waals surface area (Å²) < 4.78 is 45.9. The number of piperazine rings is 1. The first-order valence-corrected chi connectivity index (χ1v) is 13.8. The van der Waals surface area contributed by atoms with Crippen molar-refractivity contribution in [3.63, 3.8) is 0 Å². The van der Waals surface area contributed by atoms with Gasteiger partial charge in [-0.3, -0.25) is 4.79 Å². The standard InChI is InChI=1S/C30H38F3N3O5/c1-19-7-5-6-8-24(19)26-25-18-29(9-13-37,10-14-38)27(39)35(25)11-12-36(26)28(40)34(3)20(2)21-15-22(30(31,32)33)17-23(16-21)41-4/h5-8,15-17,20,25-26,37-38H,9-14,18H2,1-4H3. The highest BCUT2D eigenvalue weighted by molar-refractivity contribution is 5.86. The summed E-state index contributed by atoms with van der Waals surface area (Å²) in [5, 5.41) is 19.6. The molecule has 0 bridgehead atoms. The van der Waals surface area contributed by atoms with Crippen LogP contribution < -0.4 is 4.74 Å². The molecule has 4 rings (SSSR count). The van der Waals surface area contributed by atoms with E-state index in [0.29, 0.717) is 6.42 Å². The van der Waals surface area contributed by atoms with Gasteiger partial charge in [0.05, 0.1) is 36.2 Å². The average molecular weight is 578 g/mol. The Morgan fingerprint density at radius 2 is 1.80 bits per heavy atom. The van der Waals surface area contributed by atoms with E-state index in [4.69, 9.17) is 4.74 Å². The van der Waals surface area contributed by atoms with Gasteiger partial charge in [0.25, 0.3) is 0 Å². The molecule has 2 fully saturated rings. The second-order valence-electron chi connectivity index (χ2n) is 11.1. The number of rotatable bonds is 8. The van der Waals surface area contributed by atoms with Crippen molar-refractivity contribution in [1.82, 2.24) is 14.7 Å². The Hall–Kier alpha value is -3.31. The van der Waals surface area contributed by atoms with Crippen LogP contribution in [0.15, 0.2) is 42.5 Å². The number of amides is 3. The molecule has 2 heterocycles. The molecular weight excluding hydrogens is 539 g/mol. The van der Waals surface area contributed by atoms with Gasteiger partial charge in [-0.2, -0.15) is 13.2 Å². The van der Waals surface area contributed by atoms with Gasteiger partial charge < -0.3 is 29.6 Å². The summed E-state index contributed by atoms with van der Waals surface area (Å²) in [4.78, 5) is 32.7. The molecule has 0 radical (unpaired) electrons. The van der Waals surface area contributed by atoms with Crippen molar-refractivity contribution in [2.24, 2.45) is 5.41 Å². The first-order valence-electron chi connectivity index (χ1n) is 13.8. The van der Waals surface area contributed by atoms with Gasteiger partial charge in [-0.15, -0.1) is 0 Å². The number of halogens is 3. The fourth-order valence-corrected chi connectivity index (χ4v) is 6.38. The van der Waals surface area contributed by atoms with Gasteiger partial charge in [0, 0.05) is 33.4 Å². The highest BCUT2D eigenvalue weighted by atomic mass is 19.4. The van der Waals surface area contributed by atoms with E-state index < -0.39 is 35.3 Å². The second-order valence-corrected chi connectivity index (χ2v) is 11.1. The van der Waals surface area contributed by atoms with Crippen LogP contribution in [0.4, 0.5) is 18.0 Å². The number of nitrogens with zero attached hydrogens (tertiary/aromatic N) is 3. The number of ether oxygens (including phenoxy) is 1. The number of benzene rings is 2. The molecule has 3 unspecified atom stereocenters. The van der Waals surface area contributed by atoms with E-state index in [1.807, 2.05) is 31.2 Å². The lowest BCUT2D eigenvalue weighted by molar-refractivity contribution is -0.140. The molecule has 2 aromatic carbocycles. The molecular formula is C30H38F3N3O5. The third-order valence-corrected chi connectivity index (χ3v) is 8.79. The summed E-state index contributed by atoms with van der Waals surface area (Å²) >= 11 is 0. The maximum atomic E-state index is 14.1. The number of fused-ring (bicyclic) bond motifs is 1. The third-order valence-electron chi connectivity index (χ3n) is 8.79. The number of alkyl halides is 3. The first-order chi connectivity index (χ1) is 19.4. The van der Waals surface area contributed by atoms with Crippen molar-refractivity contribution >= 4 is 11.9 Å². The number of carbonyl (C=O) groups excluding carboxylic acids is 2. The Labute approximate surface area is 238 Å². The highest BCUT2D eigenvalue weighted by Crippen LogP contribution is 2.49. The molecule has 2 saturated heterocycles. The summed E-state index contributed by atoms with van der Waals surface area (Å²) in [6.45, 7) is 3.69. The molecule has 11 heteroatoms. The Balaban J connectivity index is 1.72. The molecule has 41 heavy (non-hydrogen) atoms. The molecule has 2 aliphatic rings. The van der Waals surface area contributed by atoms with Gasteiger partial charge in [0.15, 0.2) is 0 Å².